The second kappa shape index (κ2) is 9.63. The summed E-state index contributed by atoms with van der Waals surface area (Å²) >= 11 is 0. The number of hydrogen-bond donors (Lipinski definition) is 1. The number of anilines is 1. The van der Waals surface area contributed by atoms with Crippen LogP contribution in [0.3, 0.4) is 0 Å². The molecular weight excluding hydrogens is 468 g/mol. The van der Waals surface area contributed by atoms with Crippen molar-refractivity contribution in [2.24, 2.45) is 5.92 Å². The highest BCUT2D eigenvalue weighted by Gasteiger charge is 2.31. The first-order chi connectivity index (χ1) is 16.9. The van der Waals surface area contributed by atoms with Crippen molar-refractivity contribution >= 4 is 38.4 Å². The SMILES string of the molecule is O=C(c1ccc(NS(=O)(=O)c2cccc3cccnc23)cc1)N1CCN(C(=O)C2CCOC2)CC1. The molecule has 0 saturated carbocycles. The van der Waals surface area contributed by atoms with Gasteiger partial charge in [-0.15, -0.1) is 0 Å². The Morgan fingerprint density at radius 2 is 1.66 bits per heavy atom. The zero-order valence-corrected chi connectivity index (χ0v) is 19.9. The minimum atomic E-state index is -3.87. The molecule has 2 aromatic carbocycles. The van der Waals surface area contributed by atoms with Gasteiger partial charge in [-0.2, -0.15) is 0 Å². The van der Waals surface area contributed by atoms with E-state index in [1.54, 1.807) is 59.6 Å². The quantitative estimate of drug-likeness (QED) is 0.583. The van der Waals surface area contributed by atoms with Gasteiger partial charge in [-0.05, 0) is 42.8 Å². The third-order valence-corrected chi connectivity index (χ3v) is 7.84. The summed E-state index contributed by atoms with van der Waals surface area (Å²) in [5, 5.41) is 0.731. The molecule has 0 aliphatic carbocycles. The number of pyridine rings is 1. The highest BCUT2D eigenvalue weighted by atomic mass is 32.2. The second-order valence-corrected chi connectivity index (χ2v) is 10.3. The summed E-state index contributed by atoms with van der Waals surface area (Å²) in [5.74, 6) is -0.111. The average molecular weight is 495 g/mol. The van der Waals surface area contributed by atoms with Crippen LogP contribution in [0, 0.1) is 5.92 Å². The number of rotatable bonds is 5. The molecule has 9 nitrogen and oxygen atoms in total. The normalized spacial score (nSPS) is 18.6. The van der Waals surface area contributed by atoms with Crippen LogP contribution in [0.2, 0.25) is 0 Å². The molecule has 2 fully saturated rings. The molecule has 1 N–H and O–H groups in total. The largest absolute Gasteiger partial charge is 0.381 e. The van der Waals surface area contributed by atoms with Crippen molar-refractivity contribution in [3.05, 3.63) is 66.4 Å². The summed E-state index contributed by atoms with van der Waals surface area (Å²) < 4.78 is 33.9. The van der Waals surface area contributed by atoms with Gasteiger partial charge in [-0.25, -0.2) is 8.42 Å². The average Bonchev–Trinajstić information content (AvgIpc) is 3.43. The molecule has 3 heterocycles. The number of benzene rings is 2. The van der Waals surface area contributed by atoms with Gasteiger partial charge in [0.05, 0.1) is 18.0 Å². The maximum atomic E-state index is 13.0. The minimum Gasteiger partial charge on any atom is -0.381 e. The molecular formula is C25H26N4O5S. The standard InChI is InChI=1S/C25H26N4O5S/c30-24(28-12-14-29(15-13-28)25(31)20-10-16-34-17-20)19-6-8-21(9-7-19)27-35(32,33)22-5-1-3-18-4-2-11-26-23(18)22/h1-9,11,20,27H,10,12-17H2. The van der Waals surface area contributed by atoms with Crippen LogP contribution in [0.1, 0.15) is 16.8 Å². The maximum Gasteiger partial charge on any atom is 0.264 e. The van der Waals surface area contributed by atoms with E-state index in [2.05, 4.69) is 9.71 Å². The highest BCUT2D eigenvalue weighted by molar-refractivity contribution is 7.93. The number of carbonyl (C=O) groups is 2. The highest BCUT2D eigenvalue weighted by Crippen LogP contribution is 2.24. The number of nitrogens with zero attached hydrogens (tertiary/aromatic N) is 3. The molecule has 0 bridgehead atoms. The van der Waals surface area contributed by atoms with Crippen molar-refractivity contribution in [3.8, 4) is 0 Å². The second-order valence-electron chi connectivity index (χ2n) is 8.69. The number of fused-ring (bicyclic) bond motifs is 1. The Labute approximate surface area is 203 Å². The number of nitrogens with one attached hydrogen (secondary N) is 1. The van der Waals surface area contributed by atoms with Gasteiger partial charge in [0.25, 0.3) is 15.9 Å². The van der Waals surface area contributed by atoms with E-state index in [9.17, 15) is 18.0 Å². The van der Waals surface area contributed by atoms with E-state index in [4.69, 9.17) is 4.74 Å². The monoisotopic (exact) mass is 494 g/mol. The maximum absolute atomic E-state index is 13.0. The van der Waals surface area contributed by atoms with Crippen molar-refractivity contribution in [1.29, 1.82) is 0 Å². The zero-order valence-electron chi connectivity index (χ0n) is 19.1. The number of carbonyl (C=O) groups excluding carboxylic acids is 2. The number of sulfonamides is 1. The Kier molecular flexibility index (Phi) is 6.40. The van der Waals surface area contributed by atoms with Crippen molar-refractivity contribution in [1.82, 2.24) is 14.8 Å². The van der Waals surface area contributed by atoms with E-state index in [1.165, 1.54) is 6.07 Å². The number of amides is 2. The van der Waals surface area contributed by atoms with Crippen LogP contribution >= 0.6 is 0 Å². The van der Waals surface area contributed by atoms with Gasteiger partial charge >= 0.3 is 0 Å². The summed E-state index contributed by atoms with van der Waals surface area (Å²) in [6, 6.07) is 14.9. The van der Waals surface area contributed by atoms with Crippen LogP contribution in [0.4, 0.5) is 5.69 Å². The van der Waals surface area contributed by atoms with Gasteiger partial charge in [0.2, 0.25) is 5.91 Å². The third kappa shape index (κ3) is 4.85. The molecule has 1 unspecified atom stereocenters. The van der Waals surface area contributed by atoms with Crippen LogP contribution < -0.4 is 4.72 Å². The summed E-state index contributed by atoms with van der Waals surface area (Å²) in [4.78, 5) is 33.3. The lowest BCUT2D eigenvalue weighted by atomic mass is 10.1. The van der Waals surface area contributed by atoms with E-state index < -0.39 is 10.0 Å². The Bertz CT molecular complexity index is 1340. The fourth-order valence-corrected chi connectivity index (χ4v) is 5.72. The molecule has 2 amide bonds. The molecule has 1 atom stereocenters. The van der Waals surface area contributed by atoms with Gasteiger partial charge in [0, 0.05) is 55.6 Å². The van der Waals surface area contributed by atoms with Gasteiger partial charge in [-0.3, -0.25) is 19.3 Å². The summed E-state index contributed by atoms with van der Waals surface area (Å²) in [7, 11) is -3.87. The lowest BCUT2D eigenvalue weighted by Gasteiger charge is -2.35. The molecule has 2 aliphatic heterocycles. The summed E-state index contributed by atoms with van der Waals surface area (Å²) in [5.41, 5.74) is 1.21. The number of piperazine rings is 1. The lowest BCUT2D eigenvalue weighted by molar-refractivity contribution is -0.137. The van der Waals surface area contributed by atoms with Crippen molar-refractivity contribution < 1.29 is 22.7 Å². The molecule has 3 aromatic rings. The van der Waals surface area contributed by atoms with Crippen molar-refractivity contribution in [3.63, 3.8) is 0 Å². The molecule has 182 valence electrons. The first-order valence-electron chi connectivity index (χ1n) is 11.5. The summed E-state index contributed by atoms with van der Waals surface area (Å²) in [6.45, 7) is 3.02. The molecule has 2 aliphatic rings. The molecule has 5 rings (SSSR count). The number of para-hydroxylation sites is 1. The van der Waals surface area contributed by atoms with E-state index in [-0.39, 0.29) is 22.6 Å². The first kappa shape index (κ1) is 23.3. The molecule has 10 heteroatoms. The first-order valence-corrected chi connectivity index (χ1v) is 13.0. The minimum absolute atomic E-state index is 0.0711. The predicted octanol–water partition coefficient (Wildman–Crippen LogP) is 2.36. The fourth-order valence-electron chi connectivity index (χ4n) is 4.48. The van der Waals surface area contributed by atoms with Gasteiger partial charge in [0.1, 0.15) is 4.90 Å². The summed E-state index contributed by atoms with van der Waals surface area (Å²) in [6.07, 6.45) is 2.31. The molecule has 35 heavy (non-hydrogen) atoms. The molecule has 2 saturated heterocycles. The van der Waals surface area contributed by atoms with Gasteiger partial charge < -0.3 is 14.5 Å². The number of aromatic nitrogens is 1. The van der Waals surface area contributed by atoms with E-state index in [0.717, 1.165) is 11.8 Å². The Morgan fingerprint density at radius 3 is 2.37 bits per heavy atom. The Balaban J connectivity index is 1.23. The van der Waals surface area contributed by atoms with E-state index >= 15 is 0 Å². The molecule has 1 aromatic heterocycles. The Hall–Kier alpha value is -3.50. The van der Waals surface area contributed by atoms with E-state index in [0.29, 0.717) is 56.2 Å². The lowest BCUT2D eigenvalue weighted by Crippen LogP contribution is -2.52. The van der Waals surface area contributed by atoms with Crippen LogP contribution in [-0.4, -0.2) is 74.4 Å². The molecule has 0 spiro atoms. The number of hydrogen-bond acceptors (Lipinski definition) is 6. The predicted molar refractivity (Wildman–Crippen MR) is 130 cm³/mol. The van der Waals surface area contributed by atoms with E-state index in [1.807, 2.05) is 4.90 Å². The molecule has 0 radical (unpaired) electrons. The van der Waals surface area contributed by atoms with Crippen LogP contribution in [0.15, 0.2) is 65.7 Å². The van der Waals surface area contributed by atoms with Crippen LogP contribution in [0.25, 0.3) is 10.9 Å². The zero-order chi connectivity index (χ0) is 24.4. The third-order valence-electron chi connectivity index (χ3n) is 6.43. The fraction of sp³-hybridized carbons (Fsp3) is 0.320. The number of ether oxygens (including phenoxy) is 1. The van der Waals surface area contributed by atoms with Crippen molar-refractivity contribution in [2.75, 3.05) is 44.1 Å². The van der Waals surface area contributed by atoms with Crippen molar-refractivity contribution in [2.45, 2.75) is 11.3 Å². The topological polar surface area (TPSA) is 109 Å². The smallest absolute Gasteiger partial charge is 0.264 e. The Morgan fingerprint density at radius 1 is 0.943 bits per heavy atom. The van der Waals surface area contributed by atoms with Gasteiger partial charge in [-0.1, -0.05) is 18.2 Å². The van der Waals surface area contributed by atoms with Crippen LogP contribution in [0.5, 0.6) is 0 Å². The van der Waals surface area contributed by atoms with Gasteiger partial charge in [0.15, 0.2) is 0 Å². The van der Waals surface area contributed by atoms with Crippen LogP contribution in [-0.2, 0) is 19.6 Å².